The van der Waals surface area contributed by atoms with Gasteiger partial charge < -0.3 is 4.57 Å². The standard InChI is InChI=1S/C6H6BrClN2O.BrH/c1-10-5(8)3-9-6(10)4(11)2-7;/h3H,2H2,1H3;1H. The van der Waals surface area contributed by atoms with Crippen molar-refractivity contribution in [3.8, 4) is 0 Å². The largest absolute Gasteiger partial charge is 0.316 e. The fourth-order valence-electron chi connectivity index (χ4n) is 0.708. The van der Waals surface area contributed by atoms with Crippen molar-refractivity contribution in [1.82, 2.24) is 9.55 Å². The van der Waals surface area contributed by atoms with Gasteiger partial charge in [-0.3, -0.25) is 4.79 Å². The van der Waals surface area contributed by atoms with Crippen molar-refractivity contribution in [2.45, 2.75) is 0 Å². The van der Waals surface area contributed by atoms with Crippen molar-refractivity contribution in [2.24, 2.45) is 7.05 Å². The molecule has 0 radical (unpaired) electrons. The van der Waals surface area contributed by atoms with Gasteiger partial charge in [0.1, 0.15) is 5.15 Å². The summed E-state index contributed by atoms with van der Waals surface area (Å²) >= 11 is 8.71. The van der Waals surface area contributed by atoms with Gasteiger partial charge in [0.2, 0.25) is 5.78 Å². The van der Waals surface area contributed by atoms with Gasteiger partial charge in [-0.25, -0.2) is 4.98 Å². The second-order valence-corrected chi connectivity index (χ2v) is 2.97. The fourth-order valence-corrected chi connectivity index (χ4v) is 1.09. The first-order valence-electron chi connectivity index (χ1n) is 2.93. The molecule has 0 saturated carbocycles. The molecule has 0 aliphatic rings. The number of halogens is 3. The summed E-state index contributed by atoms with van der Waals surface area (Å²) < 4.78 is 1.55. The number of carbonyl (C=O) groups excluding carboxylic acids is 1. The van der Waals surface area contributed by atoms with Gasteiger partial charge in [-0.2, -0.15) is 0 Å². The van der Waals surface area contributed by atoms with Crippen LogP contribution in [0.5, 0.6) is 0 Å². The molecule has 0 atom stereocenters. The van der Waals surface area contributed by atoms with Gasteiger partial charge in [0.25, 0.3) is 0 Å². The molecule has 0 amide bonds. The van der Waals surface area contributed by atoms with Gasteiger partial charge in [-0.15, -0.1) is 17.0 Å². The molecule has 1 aromatic rings. The second-order valence-electron chi connectivity index (χ2n) is 2.02. The first-order valence-corrected chi connectivity index (χ1v) is 4.43. The zero-order valence-electron chi connectivity index (χ0n) is 6.25. The van der Waals surface area contributed by atoms with Crippen LogP contribution in [-0.4, -0.2) is 20.7 Å². The number of Topliss-reactive ketones (excluding diaryl/α,β-unsaturated/α-hetero) is 1. The molecule has 0 spiro atoms. The highest BCUT2D eigenvalue weighted by molar-refractivity contribution is 9.09. The van der Waals surface area contributed by atoms with Crippen molar-refractivity contribution in [3.05, 3.63) is 17.2 Å². The van der Waals surface area contributed by atoms with Crippen LogP contribution in [0.3, 0.4) is 0 Å². The Morgan fingerprint density at radius 1 is 1.83 bits per heavy atom. The lowest BCUT2D eigenvalue weighted by Gasteiger charge is -1.97. The van der Waals surface area contributed by atoms with Gasteiger partial charge in [0.05, 0.1) is 11.5 Å². The number of alkyl halides is 1. The molecule has 0 unspecified atom stereocenters. The molecule has 3 nitrogen and oxygen atoms in total. The Morgan fingerprint density at radius 3 is 2.75 bits per heavy atom. The van der Waals surface area contributed by atoms with Gasteiger partial charge >= 0.3 is 0 Å². The predicted molar refractivity (Wildman–Crippen MR) is 56.7 cm³/mol. The highest BCUT2D eigenvalue weighted by Gasteiger charge is 2.11. The average molecular weight is 318 g/mol. The van der Waals surface area contributed by atoms with E-state index in [4.69, 9.17) is 11.6 Å². The van der Waals surface area contributed by atoms with Gasteiger partial charge in [-0.1, -0.05) is 27.5 Å². The summed E-state index contributed by atoms with van der Waals surface area (Å²) in [5.74, 6) is 0.311. The molecule has 68 valence electrons. The van der Waals surface area contributed by atoms with E-state index in [0.29, 0.717) is 11.0 Å². The molecule has 0 saturated heterocycles. The van der Waals surface area contributed by atoms with E-state index in [1.807, 2.05) is 0 Å². The maximum Gasteiger partial charge on any atom is 0.208 e. The van der Waals surface area contributed by atoms with Crippen LogP contribution in [0.1, 0.15) is 10.6 Å². The molecule has 0 aromatic carbocycles. The van der Waals surface area contributed by atoms with Crippen LogP contribution in [0, 0.1) is 0 Å². The minimum absolute atomic E-state index is 0. The molecular weight excluding hydrogens is 311 g/mol. The average Bonchev–Trinajstić information content (AvgIpc) is 2.32. The minimum atomic E-state index is -0.0700. The maximum absolute atomic E-state index is 11.1. The molecule has 0 aliphatic heterocycles. The second kappa shape index (κ2) is 4.99. The van der Waals surface area contributed by atoms with Crippen LogP contribution in [0.25, 0.3) is 0 Å². The highest BCUT2D eigenvalue weighted by Crippen LogP contribution is 2.09. The topological polar surface area (TPSA) is 34.9 Å². The SMILES string of the molecule is Br.Cn1c(Cl)cnc1C(=O)CBr. The summed E-state index contributed by atoms with van der Waals surface area (Å²) in [7, 11) is 1.70. The van der Waals surface area contributed by atoms with E-state index in [1.165, 1.54) is 6.20 Å². The normalized spacial score (nSPS) is 9.25. The molecule has 0 N–H and O–H groups in total. The van der Waals surface area contributed by atoms with E-state index in [0.717, 1.165) is 0 Å². The number of aromatic nitrogens is 2. The number of hydrogen-bond acceptors (Lipinski definition) is 2. The molecule has 1 rings (SSSR count). The number of imidazole rings is 1. The Bertz CT molecular complexity index is 287. The number of nitrogens with zero attached hydrogens (tertiary/aromatic N) is 2. The molecular formula is C6H7Br2ClN2O. The molecule has 1 aromatic heterocycles. The molecule has 0 bridgehead atoms. The zero-order chi connectivity index (χ0) is 8.43. The van der Waals surface area contributed by atoms with Gasteiger partial charge in [0, 0.05) is 7.05 Å². The summed E-state index contributed by atoms with van der Waals surface area (Å²) in [4.78, 5) is 14.9. The van der Waals surface area contributed by atoms with Crippen LogP contribution in [0.15, 0.2) is 6.20 Å². The Labute approximate surface area is 94.0 Å². The third-order valence-corrected chi connectivity index (χ3v) is 2.16. The van der Waals surface area contributed by atoms with E-state index in [1.54, 1.807) is 11.6 Å². The number of hydrogen-bond donors (Lipinski definition) is 0. The monoisotopic (exact) mass is 316 g/mol. The molecule has 0 fully saturated rings. The third-order valence-electron chi connectivity index (χ3n) is 1.30. The van der Waals surface area contributed by atoms with Crippen molar-refractivity contribution in [1.29, 1.82) is 0 Å². The summed E-state index contributed by atoms with van der Waals surface area (Å²) in [5.41, 5.74) is 0. The molecule has 1 heterocycles. The van der Waals surface area contributed by atoms with E-state index >= 15 is 0 Å². The number of rotatable bonds is 2. The summed E-state index contributed by atoms with van der Waals surface area (Å²) in [5, 5.41) is 0.739. The van der Waals surface area contributed by atoms with Crippen molar-refractivity contribution in [2.75, 3.05) is 5.33 Å². The van der Waals surface area contributed by atoms with E-state index in [2.05, 4.69) is 20.9 Å². The lowest BCUT2D eigenvalue weighted by molar-refractivity contribution is 0.101. The van der Waals surface area contributed by atoms with Crippen molar-refractivity contribution < 1.29 is 4.79 Å². The number of ketones is 1. The molecule has 6 heteroatoms. The quantitative estimate of drug-likeness (QED) is 0.619. The minimum Gasteiger partial charge on any atom is -0.316 e. The van der Waals surface area contributed by atoms with E-state index in [-0.39, 0.29) is 28.1 Å². The van der Waals surface area contributed by atoms with Gasteiger partial charge in [0.15, 0.2) is 5.82 Å². The van der Waals surface area contributed by atoms with Crippen molar-refractivity contribution in [3.63, 3.8) is 0 Å². The first kappa shape index (κ1) is 12.1. The molecule has 0 aliphatic carbocycles. The van der Waals surface area contributed by atoms with Crippen LogP contribution >= 0.6 is 44.5 Å². The van der Waals surface area contributed by atoms with E-state index in [9.17, 15) is 4.79 Å². The fraction of sp³-hybridized carbons (Fsp3) is 0.333. The first-order chi connectivity index (χ1) is 5.16. The van der Waals surface area contributed by atoms with Crippen LogP contribution in [-0.2, 0) is 7.05 Å². The van der Waals surface area contributed by atoms with Crippen LogP contribution < -0.4 is 0 Å². The zero-order valence-corrected chi connectivity index (χ0v) is 10.3. The lowest BCUT2D eigenvalue weighted by atomic mass is 10.4. The Morgan fingerprint density at radius 2 is 2.42 bits per heavy atom. The van der Waals surface area contributed by atoms with Crippen molar-refractivity contribution >= 4 is 50.3 Å². The highest BCUT2D eigenvalue weighted by atomic mass is 79.9. The number of carbonyl (C=O) groups is 1. The maximum atomic E-state index is 11.1. The van der Waals surface area contributed by atoms with Crippen LogP contribution in [0.4, 0.5) is 0 Å². The predicted octanol–water partition coefficient (Wildman–Crippen LogP) is 2.23. The molecule has 12 heavy (non-hydrogen) atoms. The summed E-state index contributed by atoms with van der Waals surface area (Å²) in [6, 6.07) is 0. The van der Waals surface area contributed by atoms with E-state index < -0.39 is 0 Å². The Kier molecular flexibility index (Phi) is 5.04. The smallest absolute Gasteiger partial charge is 0.208 e. The van der Waals surface area contributed by atoms with Gasteiger partial charge in [-0.05, 0) is 0 Å². The summed E-state index contributed by atoms with van der Waals surface area (Å²) in [6.07, 6.45) is 1.46. The summed E-state index contributed by atoms with van der Waals surface area (Å²) in [6.45, 7) is 0. The third kappa shape index (κ3) is 2.31. The lowest BCUT2D eigenvalue weighted by Crippen LogP contribution is -2.08. The Balaban J connectivity index is 0.00000121. The van der Waals surface area contributed by atoms with Crippen LogP contribution in [0.2, 0.25) is 5.15 Å². The Hall–Kier alpha value is 0.130.